The SMILES string of the molecule is Cc1ccnc(C(C)C)c1N=C(c1cc(F)c(Cl)nc1NC=O)N1CCNCC1C. The third-order valence-electron chi connectivity index (χ3n) is 5.06. The Kier molecular flexibility index (Phi) is 6.99. The third-order valence-corrected chi connectivity index (χ3v) is 5.33. The Morgan fingerprint density at radius 2 is 2.27 bits per heavy atom. The summed E-state index contributed by atoms with van der Waals surface area (Å²) < 4.78 is 14.4. The van der Waals surface area contributed by atoms with E-state index in [0.717, 1.165) is 30.0 Å². The standard InChI is InChI=1S/C21H26ClFN6O/c1-12(2)17-18(13(3)5-6-25-17)27-21(29-8-7-24-10-14(29)4)15-9-16(23)19(22)28-20(15)26-11-30/h5-6,9,11-12,14,24H,7-8,10H2,1-4H3,(H,26,28,30). The van der Waals surface area contributed by atoms with Gasteiger partial charge in [0.2, 0.25) is 6.41 Å². The molecule has 2 aromatic rings. The number of hydrogen-bond acceptors (Lipinski definition) is 5. The fraction of sp³-hybridized carbons (Fsp3) is 0.429. The van der Waals surface area contributed by atoms with Gasteiger partial charge in [-0.15, -0.1) is 0 Å². The maximum absolute atomic E-state index is 14.4. The van der Waals surface area contributed by atoms with Gasteiger partial charge >= 0.3 is 0 Å². The van der Waals surface area contributed by atoms with Crippen LogP contribution in [0.25, 0.3) is 0 Å². The molecule has 1 saturated heterocycles. The molecule has 0 spiro atoms. The summed E-state index contributed by atoms with van der Waals surface area (Å²) in [5, 5.41) is 5.57. The second kappa shape index (κ2) is 9.49. The molecule has 1 aliphatic heterocycles. The van der Waals surface area contributed by atoms with Gasteiger partial charge < -0.3 is 15.5 Å². The van der Waals surface area contributed by atoms with E-state index in [1.807, 2.05) is 13.0 Å². The quantitative estimate of drug-likeness (QED) is 0.326. The molecule has 3 rings (SSSR count). The fourth-order valence-corrected chi connectivity index (χ4v) is 3.62. The summed E-state index contributed by atoms with van der Waals surface area (Å²) in [7, 11) is 0. The number of pyridine rings is 2. The predicted octanol–water partition coefficient (Wildman–Crippen LogP) is 3.64. The molecule has 1 aliphatic rings. The van der Waals surface area contributed by atoms with Crippen molar-refractivity contribution in [3.63, 3.8) is 0 Å². The molecular weight excluding hydrogens is 407 g/mol. The highest BCUT2D eigenvalue weighted by molar-refractivity contribution is 6.29. The highest BCUT2D eigenvalue weighted by atomic mass is 35.5. The zero-order valence-corrected chi connectivity index (χ0v) is 18.3. The second-order valence-electron chi connectivity index (χ2n) is 7.62. The Hall–Kier alpha value is -2.58. The molecule has 3 heterocycles. The zero-order chi connectivity index (χ0) is 21.8. The summed E-state index contributed by atoms with van der Waals surface area (Å²) in [6.45, 7) is 10.3. The number of aryl methyl sites for hydroxylation is 1. The lowest BCUT2D eigenvalue weighted by atomic mass is 10.0. The number of amidine groups is 1. The molecule has 30 heavy (non-hydrogen) atoms. The number of halogens is 2. The normalized spacial score (nSPS) is 17.4. The highest BCUT2D eigenvalue weighted by Gasteiger charge is 2.27. The number of amides is 1. The van der Waals surface area contributed by atoms with E-state index in [9.17, 15) is 9.18 Å². The van der Waals surface area contributed by atoms with E-state index in [4.69, 9.17) is 16.6 Å². The van der Waals surface area contributed by atoms with E-state index in [-0.39, 0.29) is 22.9 Å². The average molecular weight is 433 g/mol. The van der Waals surface area contributed by atoms with Crippen molar-refractivity contribution in [1.29, 1.82) is 0 Å². The van der Waals surface area contributed by atoms with Crippen LogP contribution in [0.2, 0.25) is 5.15 Å². The van der Waals surface area contributed by atoms with Gasteiger partial charge in [-0.05, 0) is 37.5 Å². The lowest BCUT2D eigenvalue weighted by Gasteiger charge is -2.37. The average Bonchev–Trinajstić information content (AvgIpc) is 2.70. The van der Waals surface area contributed by atoms with Crippen LogP contribution >= 0.6 is 11.6 Å². The van der Waals surface area contributed by atoms with Gasteiger partial charge in [-0.1, -0.05) is 25.4 Å². The minimum absolute atomic E-state index is 0.0970. The van der Waals surface area contributed by atoms with Crippen LogP contribution in [0, 0.1) is 12.7 Å². The number of carbonyl (C=O) groups excluding carboxylic acids is 1. The molecular formula is C21H26ClFN6O. The Morgan fingerprint density at radius 1 is 1.50 bits per heavy atom. The summed E-state index contributed by atoms with van der Waals surface area (Å²) in [5.41, 5.74) is 2.92. The van der Waals surface area contributed by atoms with Crippen LogP contribution in [0.1, 0.15) is 43.5 Å². The Balaban J connectivity index is 2.28. The van der Waals surface area contributed by atoms with E-state index < -0.39 is 5.82 Å². The van der Waals surface area contributed by atoms with Gasteiger partial charge in [0.1, 0.15) is 11.7 Å². The summed E-state index contributed by atoms with van der Waals surface area (Å²) >= 11 is 5.88. The van der Waals surface area contributed by atoms with Gasteiger partial charge in [-0.2, -0.15) is 0 Å². The summed E-state index contributed by atoms with van der Waals surface area (Å²) in [4.78, 5) is 26.8. The van der Waals surface area contributed by atoms with Gasteiger partial charge in [0.25, 0.3) is 0 Å². The number of hydrogen-bond donors (Lipinski definition) is 2. The van der Waals surface area contributed by atoms with Crippen molar-refractivity contribution >= 4 is 35.4 Å². The molecule has 1 atom stereocenters. The van der Waals surface area contributed by atoms with E-state index in [0.29, 0.717) is 24.4 Å². The molecule has 1 unspecified atom stereocenters. The molecule has 1 amide bonds. The molecule has 0 aliphatic carbocycles. The van der Waals surface area contributed by atoms with Gasteiger partial charge in [0, 0.05) is 31.9 Å². The van der Waals surface area contributed by atoms with E-state index in [2.05, 4.69) is 46.3 Å². The van der Waals surface area contributed by atoms with E-state index in [1.165, 1.54) is 6.07 Å². The van der Waals surface area contributed by atoms with Gasteiger partial charge in [-0.3, -0.25) is 9.78 Å². The van der Waals surface area contributed by atoms with Crippen LogP contribution in [-0.2, 0) is 4.79 Å². The molecule has 1 fully saturated rings. The van der Waals surface area contributed by atoms with Crippen LogP contribution in [0.4, 0.5) is 15.9 Å². The molecule has 0 bridgehead atoms. The molecule has 2 N–H and O–H groups in total. The van der Waals surface area contributed by atoms with Crippen LogP contribution in [0.15, 0.2) is 23.3 Å². The van der Waals surface area contributed by atoms with Crippen molar-refractivity contribution in [2.45, 2.75) is 39.7 Å². The molecule has 0 aromatic carbocycles. The third kappa shape index (κ3) is 4.60. The lowest BCUT2D eigenvalue weighted by molar-refractivity contribution is -0.105. The molecule has 0 saturated carbocycles. The number of carbonyl (C=O) groups is 1. The second-order valence-corrected chi connectivity index (χ2v) is 7.98. The number of nitrogens with one attached hydrogen (secondary N) is 2. The summed E-state index contributed by atoms with van der Waals surface area (Å²) in [6, 6.07) is 3.27. The number of piperazine rings is 1. The van der Waals surface area contributed by atoms with Crippen molar-refractivity contribution < 1.29 is 9.18 Å². The predicted molar refractivity (Wildman–Crippen MR) is 117 cm³/mol. The molecule has 9 heteroatoms. The Morgan fingerprint density at radius 3 is 2.93 bits per heavy atom. The number of rotatable bonds is 5. The number of anilines is 1. The molecule has 7 nitrogen and oxygen atoms in total. The first-order chi connectivity index (χ1) is 14.3. The first-order valence-electron chi connectivity index (χ1n) is 9.91. The number of nitrogens with zero attached hydrogens (tertiary/aromatic N) is 4. The van der Waals surface area contributed by atoms with Crippen LogP contribution in [0.5, 0.6) is 0 Å². The Bertz CT molecular complexity index is 965. The monoisotopic (exact) mass is 432 g/mol. The maximum Gasteiger partial charge on any atom is 0.212 e. The zero-order valence-electron chi connectivity index (χ0n) is 17.5. The fourth-order valence-electron chi connectivity index (χ4n) is 3.48. The maximum atomic E-state index is 14.4. The van der Waals surface area contributed by atoms with Crippen molar-refractivity contribution in [3.8, 4) is 0 Å². The van der Waals surface area contributed by atoms with Crippen LogP contribution in [-0.4, -0.2) is 52.8 Å². The smallest absolute Gasteiger partial charge is 0.212 e. The lowest BCUT2D eigenvalue weighted by Crippen LogP contribution is -2.52. The minimum atomic E-state index is -0.675. The van der Waals surface area contributed by atoms with E-state index >= 15 is 0 Å². The Labute approximate surface area is 180 Å². The number of aromatic nitrogens is 2. The van der Waals surface area contributed by atoms with Gasteiger partial charge in [0.05, 0.1) is 16.9 Å². The largest absolute Gasteiger partial charge is 0.351 e. The van der Waals surface area contributed by atoms with Gasteiger partial charge in [0.15, 0.2) is 11.0 Å². The van der Waals surface area contributed by atoms with Gasteiger partial charge in [-0.25, -0.2) is 14.4 Å². The molecule has 160 valence electrons. The van der Waals surface area contributed by atoms with Crippen molar-refractivity contribution in [1.82, 2.24) is 20.2 Å². The first-order valence-corrected chi connectivity index (χ1v) is 10.3. The number of aliphatic imine (C=N–C) groups is 1. The summed E-state index contributed by atoms with van der Waals surface area (Å²) in [6.07, 6.45) is 2.26. The van der Waals surface area contributed by atoms with Crippen molar-refractivity contribution in [2.24, 2.45) is 4.99 Å². The molecule has 0 radical (unpaired) electrons. The summed E-state index contributed by atoms with van der Waals surface area (Å²) in [5.74, 6) is 0.159. The highest BCUT2D eigenvalue weighted by Crippen LogP contribution is 2.31. The van der Waals surface area contributed by atoms with Crippen molar-refractivity contribution in [3.05, 3.63) is 46.1 Å². The topological polar surface area (TPSA) is 82.5 Å². The molecule has 2 aromatic heterocycles. The first kappa shape index (κ1) is 22.1. The minimum Gasteiger partial charge on any atom is -0.351 e. The van der Waals surface area contributed by atoms with Crippen LogP contribution < -0.4 is 10.6 Å². The van der Waals surface area contributed by atoms with Crippen molar-refractivity contribution in [2.75, 3.05) is 25.0 Å². The van der Waals surface area contributed by atoms with Crippen LogP contribution in [0.3, 0.4) is 0 Å². The van der Waals surface area contributed by atoms with E-state index in [1.54, 1.807) is 6.20 Å².